The number of rotatable bonds is 7. The van der Waals surface area contributed by atoms with Crippen LogP contribution in [0.2, 0.25) is 0 Å². The minimum atomic E-state index is 0.589. The summed E-state index contributed by atoms with van der Waals surface area (Å²) in [6, 6.07) is 11.7. The summed E-state index contributed by atoms with van der Waals surface area (Å²) >= 11 is 5.51. The van der Waals surface area contributed by atoms with Crippen LogP contribution in [-0.2, 0) is 6.42 Å². The van der Waals surface area contributed by atoms with Crippen molar-refractivity contribution < 1.29 is 0 Å². The summed E-state index contributed by atoms with van der Waals surface area (Å²) in [5, 5.41) is 8.14. The molecule has 2 aromatic rings. The lowest BCUT2D eigenvalue weighted by Crippen LogP contribution is -2.24. The largest absolute Gasteiger partial charge is 0.313 e. The zero-order chi connectivity index (χ0) is 13.8. The summed E-state index contributed by atoms with van der Waals surface area (Å²) < 4.78 is 1.24. The Labute approximate surface area is 133 Å². The number of hydrogen-bond donors (Lipinski definition) is 1. The SMILES string of the molecule is Brc1ccccc1C(CCc1ccsc1)CNC1CC1. The predicted molar refractivity (Wildman–Crippen MR) is 90.5 cm³/mol. The Morgan fingerprint density at radius 1 is 1.25 bits per heavy atom. The maximum absolute atomic E-state index is 3.71. The van der Waals surface area contributed by atoms with Crippen LogP contribution >= 0.6 is 27.3 Å². The Morgan fingerprint density at radius 3 is 2.80 bits per heavy atom. The van der Waals surface area contributed by atoms with Crippen LogP contribution in [0, 0.1) is 0 Å². The fraction of sp³-hybridized carbons (Fsp3) is 0.412. The molecule has 1 heterocycles. The van der Waals surface area contributed by atoms with E-state index in [9.17, 15) is 0 Å². The van der Waals surface area contributed by atoms with E-state index < -0.39 is 0 Å². The molecule has 0 amide bonds. The van der Waals surface area contributed by atoms with E-state index in [2.05, 4.69) is 62.3 Å². The highest BCUT2D eigenvalue weighted by Crippen LogP contribution is 2.29. The molecule has 0 radical (unpaired) electrons. The summed E-state index contributed by atoms with van der Waals surface area (Å²) in [6.45, 7) is 1.09. The van der Waals surface area contributed by atoms with Gasteiger partial charge in [-0.15, -0.1) is 0 Å². The highest BCUT2D eigenvalue weighted by molar-refractivity contribution is 9.10. The van der Waals surface area contributed by atoms with Gasteiger partial charge in [0.1, 0.15) is 0 Å². The van der Waals surface area contributed by atoms with E-state index in [-0.39, 0.29) is 0 Å². The normalized spacial score (nSPS) is 16.2. The van der Waals surface area contributed by atoms with E-state index >= 15 is 0 Å². The van der Waals surface area contributed by atoms with Crippen molar-refractivity contribution in [3.8, 4) is 0 Å². The minimum Gasteiger partial charge on any atom is -0.313 e. The van der Waals surface area contributed by atoms with Gasteiger partial charge in [-0.25, -0.2) is 0 Å². The number of thiophene rings is 1. The fourth-order valence-electron chi connectivity index (χ4n) is 2.55. The van der Waals surface area contributed by atoms with Gasteiger partial charge < -0.3 is 5.32 Å². The second kappa shape index (κ2) is 6.88. The molecule has 3 heteroatoms. The van der Waals surface area contributed by atoms with E-state index in [1.54, 1.807) is 11.3 Å². The number of benzene rings is 1. The second-order valence-corrected chi connectivity index (χ2v) is 7.21. The van der Waals surface area contributed by atoms with Gasteiger partial charge in [-0.05, 0) is 65.6 Å². The van der Waals surface area contributed by atoms with Crippen molar-refractivity contribution in [3.63, 3.8) is 0 Å². The zero-order valence-electron chi connectivity index (χ0n) is 11.5. The van der Waals surface area contributed by atoms with Crippen molar-refractivity contribution in [3.05, 3.63) is 56.7 Å². The van der Waals surface area contributed by atoms with Gasteiger partial charge >= 0.3 is 0 Å². The highest BCUT2D eigenvalue weighted by atomic mass is 79.9. The van der Waals surface area contributed by atoms with Crippen LogP contribution in [0.4, 0.5) is 0 Å². The van der Waals surface area contributed by atoms with Gasteiger partial charge in [0.25, 0.3) is 0 Å². The van der Waals surface area contributed by atoms with Crippen molar-refractivity contribution in [2.75, 3.05) is 6.54 Å². The number of halogens is 1. The molecule has 0 saturated heterocycles. The van der Waals surface area contributed by atoms with E-state index in [4.69, 9.17) is 0 Å². The number of nitrogens with one attached hydrogen (secondary N) is 1. The Morgan fingerprint density at radius 2 is 2.10 bits per heavy atom. The van der Waals surface area contributed by atoms with Gasteiger partial charge in [-0.3, -0.25) is 0 Å². The number of hydrogen-bond acceptors (Lipinski definition) is 2. The molecule has 0 spiro atoms. The van der Waals surface area contributed by atoms with Gasteiger partial charge in [-0.1, -0.05) is 34.1 Å². The first-order valence-electron chi connectivity index (χ1n) is 7.32. The first kappa shape index (κ1) is 14.3. The van der Waals surface area contributed by atoms with Crippen LogP contribution in [0.25, 0.3) is 0 Å². The smallest absolute Gasteiger partial charge is 0.0210 e. The van der Waals surface area contributed by atoms with Gasteiger partial charge in [0.05, 0.1) is 0 Å². The molecule has 1 saturated carbocycles. The molecule has 1 nitrogen and oxygen atoms in total. The highest BCUT2D eigenvalue weighted by Gasteiger charge is 2.23. The van der Waals surface area contributed by atoms with Gasteiger partial charge in [-0.2, -0.15) is 11.3 Å². The summed E-state index contributed by atoms with van der Waals surface area (Å²) in [6.07, 6.45) is 5.08. The summed E-state index contributed by atoms with van der Waals surface area (Å²) in [5.41, 5.74) is 2.91. The van der Waals surface area contributed by atoms with Crippen molar-refractivity contribution >= 4 is 27.3 Å². The third-order valence-corrected chi connectivity index (χ3v) is 5.39. The van der Waals surface area contributed by atoms with Crippen molar-refractivity contribution in [2.45, 2.75) is 37.6 Å². The summed E-state index contributed by atoms with van der Waals surface area (Å²) in [5.74, 6) is 0.589. The van der Waals surface area contributed by atoms with E-state index in [1.165, 1.54) is 41.3 Å². The van der Waals surface area contributed by atoms with Crippen LogP contribution in [0.5, 0.6) is 0 Å². The van der Waals surface area contributed by atoms with E-state index in [1.807, 2.05) is 0 Å². The van der Waals surface area contributed by atoms with Crippen LogP contribution < -0.4 is 5.32 Å². The quantitative estimate of drug-likeness (QED) is 0.743. The second-order valence-electron chi connectivity index (χ2n) is 5.57. The standard InChI is InChI=1S/C17H20BrNS/c18-17-4-2-1-3-16(17)14(11-19-15-7-8-15)6-5-13-9-10-20-12-13/h1-4,9-10,12,14-15,19H,5-8,11H2. The van der Waals surface area contributed by atoms with Gasteiger partial charge in [0, 0.05) is 17.1 Å². The van der Waals surface area contributed by atoms with Gasteiger partial charge in [0.2, 0.25) is 0 Å². The average Bonchev–Trinajstić information content (AvgIpc) is 3.14. The predicted octanol–water partition coefficient (Wildman–Crippen LogP) is 4.98. The van der Waals surface area contributed by atoms with Crippen molar-refractivity contribution in [1.29, 1.82) is 0 Å². The Hall–Kier alpha value is -0.640. The molecular formula is C17H20BrNS. The first-order valence-corrected chi connectivity index (χ1v) is 9.05. The molecule has 1 N–H and O–H groups in total. The molecule has 1 aliphatic rings. The Balaban J connectivity index is 1.67. The molecule has 0 aliphatic heterocycles. The van der Waals surface area contributed by atoms with Crippen molar-refractivity contribution in [2.24, 2.45) is 0 Å². The Bertz CT molecular complexity index is 534. The van der Waals surface area contributed by atoms with E-state index in [0.717, 1.165) is 12.6 Å². The monoisotopic (exact) mass is 349 g/mol. The molecule has 106 valence electrons. The van der Waals surface area contributed by atoms with Crippen LogP contribution in [-0.4, -0.2) is 12.6 Å². The molecule has 1 fully saturated rings. The summed E-state index contributed by atoms with van der Waals surface area (Å²) in [7, 11) is 0. The molecule has 1 unspecified atom stereocenters. The molecule has 3 rings (SSSR count). The van der Waals surface area contributed by atoms with Crippen LogP contribution in [0.15, 0.2) is 45.6 Å². The zero-order valence-corrected chi connectivity index (χ0v) is 13.9. The maximum atomic E-state index is 3.71. The topological polar surface area (TPSA) is 12.0 Å². The third-order valence-electron chi connectivity index (χ3n) is 3.94. The Kier molecular flexibility index (Phi) is 4.92. The minimum absolute atomic E-state index is 0.589. The maximum Gasteiger partial charge on any atom is 0.0210 e. The van der Waals surface area contributed by atoms with Crippen molar-refractivity contribution in [1.82, 2.24) is 5.32 Å². The molecule has 1 aromatic carbocycles. The molecule has 20 heavy (non-hydrogen) atoms. The van der Waals surface area contributed by atoms with Crippen LogP contribution in [0.3, 0.4) is 0 Å². The van der Waals surface area contributed by atoms with Crippen LogP contribution in [0.1, 0.15) is 36.3 Å². The molecular weight excluding hydrogens is 330 g/mol. The number of aryl methyl sites for hydroxylation is 1. The fourth-order valence-corrected chi connectivity index (χ4v) is 3.86. The molecule has 1 atom stereocenters. The molecule has 1 aliphatic carbocycles. The van der Waals surface area contributed by atoms with Gasteiger partial charge in [0.15, 0.2) is 0 Å². The van der Waals surface area contributed by atoms with E-state index in [0.29, 0.717) is 5.92 Å². The average molecular weight is 350 g/mol. The molecule has 0 bridgehead atoms. The lowest BCUT2D eigenvalue weighted by Gasteiger charge is -2.19. The first-order chi connectivity index (χ1) is 9.83. The summed E-state index contributed by atoms with van der Waals surface area (Å²) in [4.78, 5) is 0. The molecule has 1 aromatic heterocycles. The lowest BCUT2D eigenvalue weighted by atomic mass is 9.93. The third kappa shape index (κ3) is 3.94. The lowest BCUT2D eigenvalue weighted by molar-refractivity contribution is 0.547.